The van der Waals surface area contributed by atoms with Crippen LogP contribution in [0.5, 0.6) is 0 Å². The third-order valence-corrected chi connectivity index (χ3v) is 5.56. The molecule has 0 unspecified atom stereocenters. The van der Waals surface area contributed by atoms with E-state index in [1.807, 2.05) is 4.90 Å². The number of hydrogen-bond acceptors (Lipinski definition) is 1. The number of nitrogens with zero attached hydrogens (tertiary/aromatic N) is 1. The van der Waals surface area contributed by atoms with E-state index in [2.05, 4.69) is 47.4 Å². The van der Waals surface area contributed by atoms with E-state index in [1.54, 1.807) is 0 Å². The minimum atomic E-state index is 0.916. The molecule has 4 rings (SSSR count). The number of hydrogen-bond donors (Lipinski definition) is 1. The fourth-order valence-electron chi connectivity index (χ4n) is 4.42. The highest BCUT2D eigenvalue weighted by Crippen LogP contribution is 2.42. The standard InChI is InChI=1S/C18H24N2/c1-2-4-18(5-3-1)20-10-8-19(9-11-20)14-17-13-15-6-7-16(17)12-15/h1-7,15-17H,8-14H2/p+1/t15-,16+,17-/m1/s1. The summed E-state index contributed by atoms with van der Waals surface area (Å²) in [6.45, 7) is 6.47. The Kier molecular flexibility index (Phi) is 3.27. The molecule has 1 aromatic carbocycles. The number of fused-ring (bicyclic) bond motifs is 2. The smallest absolute Gasteiger partial charge is 0.0949 e. The van der Waals surface area contributed by atoms with Crippen LogP contribution in [0.2, 0.25) is 0 Å². The second-order valence-electron chi connectivity index (χ2n) is 6.82. The first-order valence-electron chi connectivity index (χ1n) is 8.20. The maximum atomic E-state index is 2.55. The molecule has 1 aromatic rings. The first-order valence-corrected chi connectivity index (χ1v) is 8.20. The van der Waals surface area contributed by atoms with Gasteiger partial charge in [-0.1, -0.05) is 30.4 Å². The lowest BCUT2D eigenvalue weighted by Crippen LogP contribution is -3.15. The number of piperazine rings is 1. The van der Waals surface area contributed by atoms with Crippen LogP contribution in [-0.4, -0.2) is 32.7 Å². The number of benzene rings is 1. The molecule has 0 amide bonds. The van der Waals surface area contributed by atoms with Crippen LogP contribution in [0.3, 0.4) is 0 Å². The van der Waals surface area contributed by atoms with Crippen LogP contribution >= 0.6 is 0 Å². The summed E-state index contributed by atoms with van der Waals surface area (Å²) in [6.07, 6.45) is 7.88. The molecule has 2 bridgehead atoms. The largest absolute Gasteiger partial charge is 0.360 e. The van der Waals surface area contributed by atoms with Crippen LogP contribution in [0, 0.1) is 17.8 Å². The summed E-state index contributed by atoms with van der Waals surface area (Å²) in [4.78, 5) is 4.38. The molecule has 0 spiro atoms. The molecule has 2 aliphatic carbocycles. The number of quaternary nitrogens is 1. The summed E-state index contributed by atoms with van der Waals surface area (Å²) in [5.74, 6) is 2.82. The van der Waals surface area contributed by atoms with Gasteiger partial charge in [0.25, 0.3) is 0 Å². The van der Waals surface area contributed by atoms with Crippen LogP contribution in [0.1, 0.15) is 12.8 Å². The Bertz CT molecular complexity index is 473. The predicted octanol–water partition coefficient (Wildman–Crippen LogP) is 1.60. The molecule has 0 aromatic heterocycles. The van der Waals surface area contributed by atoms with Gasteiger partial charge < -0.3 is 9.80 Å². The lowest BCUT2D eigenvalue weighted by Gasteiger charge is -2.35. The maximum Gasteiger partial charge on any atom is 0.0949 e. The van der Waals surface area contributed by atoms with Crippen molar-refractivity contribution in [1.82, 2.24) is 0 Å². The number of allylic oxidation sites excluding steroid dienone is 2. The molecule has 1 aliphatic heterocycles. The van der Waals surface area contributed by atoms with Gasteiger partial charge in [0, 0.05) is 11.6 Å². The zero-order valence-corrected chi connectivity index (χ0v) is 12.2. The van der Waals surface area contributed by atoms with Crippen molar-refractivity contribution in [1.29, 1.82) is 0 Å². The number of rotatable bonds is 3. The molecule has 2 heteroatoms. The van der Waals surface area contributed by atoms with Crippen LogP contribution in [0.15, 0.2) is 42.5 Å². The Labute approximate surface area is 122 Å². The SMILES string of the molecule is C1=C[C@H]2C[C@@H]1C[C@@H]2C[NH+]1CCN(c2ccccc2)CC1. The highest BCUT2D eigenvalue weighted by Gasteiger charge is 2.38. The molecule has 1 N–H and O–H groups in total. The van der Waals surface area contributed by atoms with E-state index in [9.17, 15) is 0 Å². The second-order valence-corrected chi connectivity index (χ2v) is 6.82. The highest BCUT2D eigenvalue weighted by molar-refractivity contribution is 5.46. The average molecular weight is 269 g/mol. The van der Waals surface area contributed by atoms with Gasteiger partial charge in [0.05, 0.1) is 32.7 Å². The molecule has 106 valence electrons. The molecule has 2 nitrogen and oxygen atoms in total. The molecule has 20 heavy (non-hydrogen) atoms. The Hall–Kier alpha value is -1.28. The minimum Gasteiger partial charge on any atom is -0.360 e. The van der Waals surface area contributed by atoms with Crippen molar-refractivity contribution < 1.29 is 4.90 Å². The molecule has 2 fully saturated rings. The van der Waals surface area contributed by atoms with Crippen molar-refractivity contribution in [2.45, 2.75) is 12.8 Å². The Morgan fingerprint density at radius 3 is 2.45 bits per heavy atom. The molecular weight excluding hydrogens is 244 g/mol. The zero-order valence-electron chi connectivity index (χ0n) is 12.2. The zero-order chi connectivity index (χ0) is 13.4. The van der Waals surface area contributed by atoms with E-state index in [0.717, 1.165) is 17.8 Å². The Balaban J connectivity index is 1.31. The Morgan fingerprint density at radius 1 is 1.00 bits per heavy atom. The highest BCUT2D eigenvalue weighted by atomic mass is 15.3. The second kappa shape index (κ2) is 5.25. The summed E-state index contributed by atoms with van der Waals surface area (Å²) in [6, 6.07) is 10.9. The molecule has 1 saturated carbocycles. The maximum absolute atomic E-state index is 2.55. The third kappa shape index (κ3) is 2.37. The van der Waals surface area contributed by atoms with E-state index >= 15 is 0 Å². The molecule has 0 radical (unpaired) electrons. The number of para-hydroxylation sites is 1. The first-order chi connectivity index (χ1) is 9.88. The fourth-order valence-corrected chi connectivity index (χ4v) is 4.42. The molecular formula is C18H25N2+. The molecule has 3 aliphatic rings. The number of anilines is 1. The lowest BCUT2D eigenvalue weighted by atomic mass is 9.93. The van der Waals surface area contributed by atoms with Crippen LogP contribution in [0.25, 0.3) is 0 Å². The lowest BCUT2D eigenvalue weighted by molar-refractivity contribution is -0.904. The molecule has 1 heterocycles. The quantitative estimate of drug-likeness (QED) is 0.819. The first kappa shape index (κ1) is 12.5. The molecule has 1 saturated heterocycles. The summed E-state index contributed by atoms with van der Waals surface area (Å²) in [5, 5.41) is 0. The third-order valence-electron chi connectivity index (χ3n) is 5.56. The van der Waals surface area contributed by atoms with E-state index in [4.69, 9.17) is 0 Å². The fraction of sp³-hybridized carbons (Fsp3) is 0.556. The summed E-state index contributed by atoms with van der Waals surface area (Å²) in [5.41, 5.74) is 1.40. The van der Waals surface area contributed by atoms with Gasteiger partial charge >= 0.3 is 0 Å². The van der Waals surface area contributed by atoms with E-state index in [1.165, 1.54) is 51.3 Å². The van der Waals surface area contributed by atoms with Crippen molar-refractivity contribution in [2.75, 3.05) is 37.6 Å². The van der Waals surface area contributed by atoms with Crippen molar-refractivity contribution in [2.24, 2.45) is 17.8 Å². The van der Waals surface area contributed by atoms with Crippen LogP contribution in [-0.2, 0) is 0 Å². The summed E-state index contributed by atoms with van der Waals surface area (Å²) < 4.78 is 0. The van der Waals surface area contributed by atoms with Gasteiger partial charge in [-0.3, -0.25) is 0 Å². The Morgan fingerprint density at radius 2 is 1.80 bits per heavy atom. The van der Waals surface area contributed by atoms with Gasteiger partial charge in [0.1, 0.15) is 0 Å². The van der Waals surface area contributed by atoms with Crippen molar-refractivity contribution >= 4 is 5.69 Å². The summed E-state index contributed by atoms with van der Waals surface area (Å²) >= 11 is 0. The van der Waals surface area contributed by atoms with Crippen molar-refractivity contribution in [3.63, 3.8) is 0 Å². The van der Waals surface area contributed by atoms with E-state index in [0.29, 0.717) is 0 Å². The monoisotopic (exact) mass is 269 g/mol. The van der Waals surface area contributed by atoms with Gasteiger partial charge in [-0.05, 0) is 36.8 Å². The van der Waals surface area contributed by atoms with Gasteiger partial charge in [0.15, 0.2) is 0 Å². The molecule has 3 atom stereocenters. The minimum absolute atomic E-state index is 0.916. The van der Waals surface area contributed by atoms with Crippen LogP contribution in [0.4, 0.5) is 5.69 Å². The topological polar surface area (TPSA) is 7.68 Å². The van der Waals surface area contributed by atoms with Gasteiger partial charge in [-0.2, -0.15) is 0 Å². The van der Waals surface area contributed by atoms with Gasteiger partial charge in [-0.25, -0.2) is 0 Å². The number of nitrogens with one attached hydrogen (secondary N) is 1. The van der Waals surface area contributed by atoms with Gasteiger partial charge in [0.2, 0.25) is 0 Å². The van der Waals surface area contributed by atoms with E-state index in [-0.39, 0.29) is 0 Å². The van der Waals surface area contributed by atoms with Crippen molar-refractivity contribution in [3.05, 3.63) is 42.5 Å². The van der Waals surface area contributed by atoms with E-state index < -0.39 is 0 Å². The van der Waals surface area contributed by atoms with Crippen molar-refractivity contribution in [3.8, 4) is 0 Å². The summed E-state index contributed by atoms with van der Waals surface area (Å²) in [7, 11) is 0. The average Bonchev–Trinajstić information content (AvgIpc) is 3.12. The predicted molar refractivity (Wildman–Crippen MR) is 83.1 cm³/mol. The van der Waals surface area contributed by atoms with Gasteiger partial charge in [-0.15, -0.1) is 0 Å². The normalized spacial score (nSPS) is 33.0. The van der Waals surface area contributed by atoms with Crippen LogP contribution < -0.4 is 9.80 Å².